The van der Waals surface area contributed by atoms with Crippen molar-refractivity contribution in [1.29, 1.82) is 0 Å². The van der Waals surface area contributed by atoms with Crippen molar-refractivity contribution in [3.63, 3.8) is 0 Å². The molecule has 1 fully saturated rings. The van der Waals surface area contributed by atoms with Gasteiger partial charge in [0.15, 0.2) is 11.9 Å². The molecule has 0 aliphatic carbocycles. The zero-order valence-corrected chi connectivity index (χ0v) is 20.9. The Bertz CT molecular complexity index is 1570. The maximum atomic E-state index is 13.2. The lowest BCUT2D eigenvalue weighted by Gasteiger charge is -2.33. The van der Waals surface area contributed by atoms with E-state index in [1.165, 1.54) is 22.9 Å². The molecule has 1 aliphatic heterocycles. The van der Waals surface area contributed by atoms with E-state index in [-0.39, 0.29) is 42.8 Å². The summed E-state index contributed by atoms with van der Waals surface area (Å²) in [5.41, 5.74) is 1.99. The number of aromatic nitrogens is 3. The van der Waals surface area contributed by atoms with Gasteiger partial charge in [0.25, 0.3) is 5.91 Å². The van der Waals surface area contributed by atoms with Crippen LogP contribution in [-0.4, -0.2) is 59.7 Å². The van der Waals surface area contributed by atoms with E-state index in [9.17, 15) is 18.4 Å². The fraction of sp³-hybridized carbons (Fsp3) is 0.200. The average Bonchev–Trinajstić information content (AvgIpc) is 2.89. The van der Waals surface area contributed by atoms with Gasteiger partial charge < -0.3 is 10.1 Å². The summed E-state index contributed by atoms with van der Waals surface area (Å²) in [4.78, 5) is 23.1. The molecule has 0 unspecified atom stereocenters. The molecule has 0 radical (unpaired) electrons. The number of hydrogen-bond acceptors (Lipinski definition) is 6. The molecule has 0 spiro atoms. The van der Waals surface area contributed by atoms with Gasteiger partial charge in [-0.3, -0.25) is 4.79 Å². The molecular weight excluding hydrogens is 502 g/mol. The smallest absolute Gasteiger partial charge is 0.291 e. The van der Waals surface area contributed by atoms with Crippen LogP contribution >= 0.6 is 11.6 Å². The topological polar surface area (TPSA) is 110 Å². The zero-order valence-electron chi connectivity index (χ0n) is 19.3. The number of sulfonamides is 1. The van der Waals surface area contributed by atoms with Gasteiger partial charge in [0, 0.05) is 68.2 Å². The van der Waals surface area contributed by atoms with Gasteiger partial charge in [-0.1, -0.05) is 23.7 Å². The van der Waals surface area contributed by atoms with Gasteiger partial charge in [0.1, 0.15) is 0 Å². The van der Waals surface area contributed by atoms with Gasteiger partial charge in [0.05, 0.1) is 4.90 Å². The first-order chi connectivity index (χ1) is 17.2. The number of halogens is 1. The molecule has 0 atom stereocenters. The Labute approximate surface area is 213 Å². The number of fused-ring (bicyclic) bond motifs is 1. The number of rotatable bonds is 4. The van der Waals surface area contributed by atoms with Crippen LogP contribution in [0.3, 0.4) is 0 Å². The lowest BCUT2D eigenvalue weighted by molar-refractivity contribution is -0.612. The number of amides is 1. The third-order valence-electron chi connectivity index (χ3n) is 6.22. The van der Waals surface area contributed by atoms with Crippen LogP contribution < -0.4 is 4.73 Å². The predicted molar refractivity (Wildman–Crippen MR) is 135 cm³/mol. The van der Waals surface area contributed by atoms with Gasteiger partial charge in [-0.2, -0.15) is 9.04 Å². The summed E-state index contributed by atoms with van der Waals surface area (Å²) in [5.74, 6) is -0.322. The highest BCUT2D eigenvalue weighted by Crippen LogP contribution is 2.25. The number of carbonyl (C=O) groups excluding carboxylic acids is 1. The Morgan fingerprint density at radius 3 is 2.31 bits per heavy atom. The van der Waals surface area contributed by atoms with Crippen molar-refractivity contribution < 1.29 is 17.9 Å². The highest BCUT2D eigenvalue weighted by molar-refractivity contribution is 7.89. The fourth-order valence-electron chi connectivity index (χ4n) is 4.15. The summed E-state index contributed by atoms with van der Waals surface area (Å²) in [7, 11) is -3.71. The minimum atomic E-state index is -3.71. The highest BCUT2D eigenvalue weighted by atomic mass is 35.5. The number of pyridine rings is 1. The minimum Gasteiger partial charge on any atom is -0.619 e. The molecule has 2 aromatic heterocycles. The third-order valence-corrected chi connectivity index (χ3v) is 8.35. The molecule has 5 rings (SSSR count). The summed E-state index contributed by atoms with van der Waals surface area (Å²) in [5, 5.41) is 13.8. The second-order valence-electron chi connectivity index (χ2n) is 8.53. The lowest BCUT2D eigenvalue weighted by Crippen LogP contribution is -2.50. The van der Waals surface area contributed by atoms with Crippen LogP contribution in [0.4, 0.5) is 0 Å². The quantitative estimate of drug-likeness (QED) is 0.300. The van der Waals surface area contributed by atoms with Crippen molar-refractivity contribution in [3.8, 4) is 11.1 Å². The molecule has 0 saturated carbocycles. The molecule has 1 aliphatic rings. The van der Waals surface area contributed by atoms with Crippen LogP contribution in [0.2, 0.25) is 5.02 Å². The molecular formula is C25H22ClN5O4S. The Kier molecular flexibility index (Phi) is 6.33. The summed E-state index contributed by atoms with van der Waals surface area (Å²) >= 11 is 6.02. The van der Waals surface area contributed by atoms with Crippen LogP contribution in [0.15, 0.2) is 72.0 Å². The van der Waals surface area contributed by atoms with E-state index >= 15 is 0 Å². The number of carbonyl (C=O) groups is 1. The number of hydrogen-bond donors (Lipinski definition) is 0. The first-order valence-electron chi connectivity index (χ1n) is 11.2. The number of aryl methyl sites for hydroxylation is 1. The van der Waals surface area contributed by atoms with Crippen LogP contribution in [0.5, 0.6) is 0 Å². The van der Waals surface area contributed by atoms with Crippen LogP contribution in [0.1, 0.15) is 16.3 Å². The number of piperazine rings is 1. The predicted octanol–water partition coefficient (Wildman–Crippen LogP) is 3.04. The monoisotopic (exact) mass is 523 g/mol. The molecule has 11 heteroatoms. The molecule has 1 amide bonds. The van der Waals surface area contributed by atoms with Crippen molar-refractivity contribution >= 4 is 38.3 Å². The summed E-state index contributed by atoms with van der Waals surface area (Å²) in [6.45, 7) is 2.50. The minimum absolute atomic E-state index is 0.0368. The van der Waals surface area contributed by atoms with Crippen LogP contribution in [0.25, 0.3) is 21.9 Å². The first kappa shape index (κ1) is 24.1. The third kappa shape index (κ3) is 4.62. The van der Waals surface area contributed by atoms with E-state index in [0.29, 0.717) is 16.3 Å². The van der Waals surface area contributed by atoms with Crippen LogP contribution in [-0.2, 0) is 10.0 Å². The first-order valence-corrected chi connectivity index (χ1v) is 13.1. The van der Waals surface area contributed by atoms with E-state index in [4.69, 9.17) is 11.6 Å². The standard InChI is InChI=1S/C25H22ClN5O4S/c1-17-12-20(6-7-31(17)33)21-15-27-24(28-16-21)25(32)29-8-10-30(11-9-29)36(34,35)23-5-3-18-13-22(26)4-2-19(18)14-23/h2-7,12-16H,8-11H2,1H3. The zero-order chi connectivity index (χ0) is 25.4. The number of nitrogens with zero attached hydrogens (tertiary/aromatic N) is 5. The molecule has 184 valence electrons. The lowest BCUT2D eigenvalue weighted by atomic mass is 10.1. The normalized spacial score (nSPS) is 14.8. The van der Waals surface area contributed by atoms with Gasteiger partial charge in [-0.05, 0) is 40.6 Å². The second kappa shape index (κ2) is 9.45. The fourth-order valence-corrected chi connectivity index (χ4v) is 5.79. The Hall–Kier alpha value is -3.60. The van der Waals surface area contributed by atoms with Crippen molar-refractivity contribution in [1.82, 2.24) is 19.2 Å². The Morgan fingerprint density at radius 2 is 1.61 bits per heavy atom. The highest BCUT2D eigenvalue weighted by Gasteiger charge is 2.31. The van der Waals surface area contributed by atoms with Gasteiger partial charge in [-0.15, -0.1) is 0 Å². The molecule has 0 N–H and O–H groups in total. The largest absolute Gasteiger partial charge is 0.619 e. The van der Waals surface area contributed by atoms with E-state index in [1.54, 1.807) is 60.4 Å². The van der Waals surface area contributed by atoms with Crippen molar-refractivity contribution in [2.75, 3.05) is 26.2 Å². The van der Waals surface area contributed by atoms with E-state index in [2.05, 4.69) is 9.97 Å². The molecule has 9 nitrogen and oxygen atoms in total. The van der Waals surface area contributed by atoms with E-state index in [0.717, 1.165) is 21.1 Å². The summed E-state index contributed by atoms with van der Waals surface area (Å²) < 4.78 is 28.6. The number of benzene rings is 2. The summed E-state index contributed by atoms with van der Waals surface area (Å²) in [6, 6.07) is 13.6. The molecule has 36 heavy (non-hydrogen) atoms. The van der Waals surface area contributed by atoms with Gasteiger partial charge in [0.2, 0.25) is 15.8 Å². The van der Waals surface area contributed by atoms with Gasteiger partial charge in [-0.25, -0.2) is 18.4 Å². The maximum absolute atomic E-state index is 13.2. The molecule has 2 aromatic carbocycles. The van der Waals surface area contributed by atoms with E-state index < -0.39 is 10.0 Å². The SMILES string of the molecule is Cc1cc(-c2cnc(C(=O)N3CCN(S(=O)(=O)c4ccc5cc(Cl)ccc5c4)CC3)nc2)cc[n+]1[O-]. The molecule has 3 heterocycles. The van der Waals surface area contributed by atoms with Crippen molar-refractivity contribution in [3.05, 3.63) is 88.9 Å². The Balaban J connectivity index is 1.26. The molecule has 4 aromatic rings. The Morgan fingerprint density at radius 1 is 0.944 bits per heavy atom. The van der Waals surface area contributed by atoms with E-state index in [1.807, 2.05) is 0 Å². The van der Waals surface area contributed by atoms with Crippen molar-refractivity contribution in [2.24, 2.45) is 0 Å². The van der Waals surface area contributed by atoms with Crippen molar-refractivity contribution in [2.45, 2.75) is 11.8 Å². The summed E-state index contributed by atoms with van der Waals surface area (Å²) in [6.07, 6.45) is 4.49. The molecule has 1 saturated heterocycles. The molecule has 0 bridgehead atoms. The van der Waals surface area contributed by atoms with Gasteiger partial charge >= 0.3 is 0 Å². The maximum Gasteiger partial charge on any atom is 0.291 e. The average molecular weight is 524 g/mol. The second-order valence-corrected chi connectivity index (χ2v) is 10.9. The van der Waals surface area contributed by atoms with Crippen LogP contribution in [0, 0.1) is 12.1 Å².